The van der Waals surface area contributed by atoms with Crippen molar-refractivity contribution in [2.45, 2.75) is 83.9 Å². The highest BCUT2D eigenvalue weighted by Gasteiger charge is 2.45. The van der Waals surface area contributed by atoms with Gasteiger partial charge in [0.1, 0.15) is 0 Å². The minimum atomic E-state index is -1.68. The van der Waals surface area contributed by atoms with E-state index in [-0.39, 0.29) is 30.8 Å². The number of hydrogen-bond acceptors (Lipinski definition) is 3. The third-order valence-electron chi connectivity index (χ3n) is 6.62. The smallest absolute Gasteiger partial charge is 0.192 e. The summed E-state index contributed by atoms with van der Waals surface area (Å²) in [5.74, 6) is 0.590. The third kappa shape index (κ3) is 4.97. The van der Waals surface area contributed by atoms with Gasteiger partial charge in [-0.1, -0.05) is 65.0 Å². The summed E-state index contributed by atoms with van der Waals surface area (Å²) < 4.78 is 13.2. The molecule has 1 fully saturated rings. The molecule has 0 aromatic heterocycles. The first-order valence-electron chi connectivity index (χ1n) is 10.5. The molecule has 2 rings (SSSR count). The van der Waals surface area contributed by atoms with E-state index < -0.39 is 8.32 Å². The first kappa shape index (κ1) is 21.6. The second kappa shape index (κ2) is 10.0. The topological polar surface area (TPSA) is 38.7 Å². The third-order valence-corrected chi connectivity index (χ3v) is 11.3. The van der Waals surface area contributed by atoms with E-state index in [1.807, 2.05) is 0 Å². The van der Waals surface area contributed by atoms with Crippen molar-refractivity contribution in [3.05, 3.63) is 35.9 Å². The molecule has 0 aliphatic carbocycles. The summed E-state index contributed by atoms with van der Waals surface area (Å²) in [5, 5.41) is 9.87. The van der Waals surface area contributed by atoms with Crippen LogP contribution in [0.5, 0.6) is 0 Å². The van der Waals surface area contributed by atoms with Crippen LogP contribution in [0, 0.1) is 11.8 Å². The molecule has 1 saturated heterocycles. The highest BCUT2D eigenvalue weighted by Crippen LogP contribution is 2.37. The molecule has 0 amide bonds. The fraction of sp³-hybridized carbons (Fsp3) is 0.727. The number of aliphatic hydroxyl groups excluding tert-OH is 1. The Morgan fingerprint density at radius 1 is 0.962 bits per heavy atom. The highest BCUT2D eigenvalue weighted by atomic mass is 28.4. The zero-order valence-corrected chi connectivity index (χ0v) is 18.3. The standard InChI is InChI=1S/C22H38O3Si/c1-6-26(7-2,8-3)25-22-17(4)20(24-21(16-23)18(22)5)15-14-19-12-10-9-11-13-19/h9-13,17-18,20-23H,6-8,14-16H2,1-5H3/t17-,18+,20+,21-,22?/m1/s1. The van der Waals surface area contributed by atoms with Crippen LogP contribution in [0.25, 0.3) is 0 Å². The Labute approximate surface area is 161 Å². The Morgan fingerprint density at radius 3 is 2.08 bits per heavy atom. The SMILES string of the molecule is CC[Si](CC)(CC)OC1[C@@H](C)[C@@H](CO)O[C@@H](CCc2ccccc2)[C@H]1C. The Bertz CT molecular complexity index is 509. The van der Waals surface area contributed by atoms with Crippen LogP contribution in [0.1, 0.15) is 46.6 Å². The van der Waals surface area contributed by atoms with Crippen molar-refractivity contribution < 1.29 is 14.3 Å². The first-order chi connectivity index (χ1) is 12.5. The zero-order valence-electron chi connectivity index (χ0n) is 17.3. The maximum atomic E-state index is 9.87. The summed E-state index contributed by atoms with van der Waals surface area (Å²) >= 11 is 0. The van der Waals surface area contributed by atoms with Gasteiger partial charge in [-0.05, 0) is 36.5 Å². The van der Waals surface area contributed by atoms with E-state index in [2.05, 4.69) is 65.0 Å². The summed E-state index contributed by atoms with van der Waals surface area (Å²) in [4.78, 5) is 0. The molecule has 0 spiro atoms. The molecular formula is C22H38O3Si. The fourth-order valence-corrected chi connectivity index (χ4v) is 7.38. The summed E-state index contributed by atoms with van der Waals surface area (Å²) in [6.07, 6.45) is 2.20. The van der Waals surface area contributed by atoms with Crippen LogP contribution in [0.3, 0.4) is 0 Å². The molecule has 1 aromatic carbocycles. The van der Waals surface area contributed by atoms with Gasteiger partial charge in [0.25, 0.3) is 0 Å². The van der Waals surface area contributed by atoms with Crippen LogP contribution in [0.4, 0.5) is 0 Å². The first-order valence-corrected chi connectivity index (χ1v) is 13.0. The van der Waals surface area contributed by atoms with Crippen LogP contribution in [0.15, 0.2) is 30.3 Å². The molecule has 4 heteroatoms. The quantitative estimate of drug-likeness (QED) is 0.612. The molecule has 1 aromatic rings. The van der Waals surface area contributed by atoms with Crippen molar-refractivity contribution in [1.29, 1.82) is 0 Å². The Kier molecular flexibility index (Phi) is 8.33. The van der Waals surface area contributed by atoms with Gasteiger partial charge in [-0.3, -0.25) is 0 Å². The lowest BCUT2D eigenvalue weighted by molar-refractivity contribution is -0.171. The maximum absolute atomic E-state index is 9.87. The molecule has 5 atom stereocenters. The molecular weight excluding hydrogens is 340 g/mol. The molecule has 1 aliphatic heterocycles. The molecule has 1 heterocycles. The molecule has 0 radical (unpaired) electrons. The van der Waals surface area contributed by atoms with Gasteiger partial charge in [-0.25, -0.2) is 0 Å². The van der Waals surface area contributed by atoms with E-state index in [4.69, 9.17) is 9.16 Å². The molecule has 1 N–H and O–H groups in total. The summed E-state index contributed by atoms with van der Waals surface area (Å²) in [6.45, 7) is 11.4. The molecule has 1 aliphatic rings. The average Bonchev–Trinajstić information content (AvgIpc) is 2.69. The predicted octanol–water partition coefficient (Wildman–Crippen LogP) is 5.04. The number of aliphatic hydroxyl groups is 1. The summed E-state index contributed by atoms with van der Waals surface area (Å²) in [7, 11) is -1.68. The van der Waals surface area contributed by atoms with Gasteiger partial charge in [0.2, 0.25) is 0 Å². The largest absolute Gasteiger partial charge is 0.413 e. The van der Waals surface area contributed by atoms with Crippen molar-refractivity contribution in [2.24, 2.45) is 11.8 Å². The van der Waals surface area contributed by atoms with Crippen LogP contribution >= 0.6 is 0 Å². The normalized spacial score (nSPS) is 29.7. The van der Waals surface area contributed by atoms with Crippen molar-refractivity contribution in [3.63, 3.8) is 0 Å². The second-order valence-electron chi connectivity index (χ2n) is 7.96. The summed E-state index contributed by atoms with van der Waals surface area (Å²) in [6, 6.07) is 14.1. The van der Waals surface area contributed by atoms with Crippen LogP contribution in [-0.2, 0) is 15.6 Å². The maximum Gasteiger partial charge on any atom is 0.192 e. The monoisotopic (exact) mass is 378 g/mol. The van der Waals surface area contributed by atoms with E-state index in [9.17, 15) is 5.11 Å². The van der Waals surface area contributed by atoms with Crippen LogP contribution in [-0.4, -0.2) is 38.3 Å². The Morgan fingerprint density at radius 2 is 1.54 bits per heavy atom. The van der Waals surface area contributed by atoms with Crippen molar-refractivity contribution in [3.8, 4) is 0 Å². The van der Waals surface area contributed by atoms with Gasteiger partial charge >= 0.3 is 0 Å². The van der Waals surface area contributed by atoms with Gasteiger partial charge in [-0.2, -0.15) is 0 Å². The molecule has 3 nitrogen and oxygen atoms in total. The molecule has 26 heavy (non-hydrogen) atoms. The molecule has 1 unspecified atom stereocenters. The molecule has 0 bridgehead atoms. The number of aryl methyl sites for hydroxylation is 1. The number of hydrogen-bond donors (Lipinski definition) is 1. The van der Waals surface area contributed by atoms with E-state index in [1.54, 1.807) is 0 Å². The van der Waals surface area contributed by atoms with E-state index in [0.29, 0.717) is 5.92 Å². The number of rotatable bonds is 9. The fourth-order valence-electron chi connectivity index (χ4n) is 4.37. The average molecular weight is 379 g/mol. The van der Waals surface area contributed by atoms with Gasteiger partial charge in [0.15, 0.2) is 8.32 Å². The minimum Gasteiger partial charge on any atom is -0.413 e. The van der Waals surface area contributed by atoms with E-state index in [1.165, 1.54) is 5.56 Å². The lowest BCUT2D eigenvalue weighted by Gasteiger charge is -2.48. The van der Waals surface area contributed by atoms with Crippen molar-refractivity contribution >= 4 is 8.32 Å². The minimum absolute atomic E-state index is 0.0779. The van der Waals surface area contributed by atoms with Crippen LogP contribution < -0.4 is 0 Å². The Balaban J connectivity index is 2.12. The van der Waals surface area contributed by atoms with Gasteiger partial charge in [0.05, 0.1) is 24.9 Å². The molecule has 0 saturated carbocycles. The van der Waals surface area contributed by atoms with Gasteiger partial charge in [0, 0.05) is 11.8 Å². The second-order valence-corrected chi connectivity index (χ2v) is 12.7. The predicted molar refractivity (Wildman–Crippen MR) is 111 cm³/mol. The lowest BCUT2D eigenvalue weighted by Crippen LogP contribution is -2.55. The van der Waals surface area contributed by atoms with E-state index >= 15 is 0 Å². The molecule has 148 valence electrons. The number of ether oxygens (including phenoxy) is 1. The van der Waals surface area contributed by atoms with Gasteiger partial charge < -0.3 is 14.3 Å². The van der Waals surface area contributed by atoms with Crippen molar-refractivity contribution in [2.75, 3.05) is 6.61 Å². The Hall–Kier alpha value is -0.683. The van der Waals surface area contributed by atoms with Gasteiger partial charge in [-0.15, -0.1) is 0 Å². The zero-order chi connectivity index (χ0) is 19.2. The summed E-state index contributed by atoms with van der Waals surface area (Å²) in [5.41, 5.74) is 1.35. The van der Waals surface area contributed by atoms with Crippen molar-refractivity contribution in [1.82, 2.24) is 0 Å². The number of benzene rings is 1. The highest BCUT2D eigenvalue weighted by molar-refractivity contribution is 6.73. The lowest BCUT2D eigenvalue weighted by atomic mass is 9.81. The van der Waals surface area contributed by atoms with Crippen LogP contribution in [0.2, 0.25) is 18.1 Å². The van der Waals surface area contributed by atoms with E-state index in [0.717, 1.165) is 31.0 Å².